The van der Waals surface area contributed by atoms with Gasteiger partial charge in [-0.3, -0.25) is 0 Å². The fourth-order valence-electron chi connectivity index (χ4n) is 2.97. The van der Waals surface area contributed by atoms with E-state index < -0.39 is 10.0 Å². The summed E-state index contributed by atoms with van der Waals surface area (Å²) in [5.41, 5.74) is 7.42. The number of hydrogen-bond donors (Lipinski definition) is 2. The van der Waals surface area contributed by atoms with Crippen LogP contribution >= 0.6 is 0 Å². The lowest BCUT2D eigenvalue weighted by atomic mass is 9.93. The van der Waals surface area contributed by atoms with Gasteiger partial charge in [0.15, 0.2) is 0 Å². The Hall–Kier alpha value is -1.27. The molecule has 0 radical (unpaired) electrons. The van der Waals surface area contributed by atoms with Crippen LogP contribution in [0.3, 0.4) is 0 Å². The number of nitrogens with zero attached hydrogens (tertiary/aromatic N) is 1. The molecule has 0 aromatic heterocycles. The van der Waals surface area contributed by atoms with Gasteiger partial charge in [0.05, 0.1) is 16.3 Å². The topological polar surface area (TPSA) is 89.4 Å². The molecular formula is C14H23N3O2S. The number of anilines is 2. The zero-order chi connectivity index (χ0) is 14.8. The van der Waals surface area contributed by atoms with E-state index in [1.807, 2.05) is 0 Å². The average molecular weight is 297 g/mol. The molecule has 1 aromatic rings. The van der Waals surface area contributed by atoms with Crippen LogP contribution in [0.4, 0.5) is 11.4 Å². The van der Waals surface area contributed by atoms with Gasteiger partial charge in [-0.25, -0.2) is 13.6 Å². The molecule has 20 heavy (non-hydrogen) atoms. The number of rotatable bonds is 4. The Morgan fingerprint density at radius 1 is 1.25 bits per heavy atom. The first-order chi connectivity index (χ1) is 9.43. The molecule has 1 aromatic carbocycles. The molecule has 6 heteroatoms. The maximum Gasteiger partial charge on any atom is 0.238 e. The minimum absolute atomic E-state index is 0.121. The molecule has 5 nitrogen and oxygen atoms in total. The van der Waals surface area contributed by atoms with Crippen molar-refractivity contribution in [1.29, 1.82) is 0 Å². The molecule has 2 rings (SSSR count). The molecule has 0 aliphatic heterocycles. The summed E-state index contributed by atoms with van der Waals surface area (Å²) in [6.45, 7) is 2.88. The van der Waals surface area contributed by atoms with Crippen molar-refractivity contribution in [2.75, 3.05) is 17.2 Å². The van der Waals surface area contributed by atoms with E-state index in [4.69, 9.17) is 10.9 Å². The highest BCUT2D eigenvalue weighted by Gasteiger charge is 2.22. The molecule has 0 saturated heterocycles. The fraction of sp³-hybridized carbons (Fsp3) is 0.571. The fourth-order valence-corrected chi connectivity index (χ4v) is 3.50. The van der Waals surface area contributed by atoms with Gasteiger partial charge in [-0.1, -0.05) is 19.3 Å². The highest BCUT2D eigenvalue weighted by molar-refractivity contribution is 7.89. The van der Waals surface area contributed by atoms with Gasteiger partial charge in [-0.2, -0.15) is 0 Å². The first kappa shape index (κ1) is 15.1. The zero-order valence-electron chi connectivity index (χ0n) is 11.9. The lowest BCUT2D eigenvalue weighted by Crippen LogP contribution is -2.37. The van der Waals surface area contributed by atoms with Crippen molar-refractivity contribution >= 4 is 21.4 Å². The number of nitrogen functional groups attached to an aromatic ring is 1. The molecule has 1 saturated carbocycles. The van der Waals surface area contributed by atoms with Crippen LogP contribution in [0.2, 0.25) is 0 Å². The number of nitrogens with two attached hydrogens (primary N) is 2. The van der Waals surface area contributed by atoms with E-state index in [1.54, 1.807) is 12.1 Å². The summed E-state index contributed by atoms with van der Waals surface area (Å²) in [5.74, 6) is 0. The number of primary sulfonamides is 1. The molecule has 0 unspecified atom stereocenters. The van der Waals surface area contributed by atoms with E-state index in [0.717, 1.165) is 25.1 Å². The minimum Gasteiger partial charge on any atom is -0.397 e. The van der Waals surface area contributed by atoms with Gasteiger partial charge in [0.2, 0.25) is 10.0 Å². The van der Waals surface area contributed by atoms with E-state index in [2.05, 4.69) is 11.8 Å². The molecule has 0 bridgehead atoms. The molecular weight excluding hydrogens is 274 g/mol. The SMILES string of the molecule is CCN(c1cc(S(N)(=O)=O)ccc1N)C1CCCCC1. The molecule has 4 N–H and O–H groups in total. The summed E-state index contributed by atoms with van der Waals surface area (Å²) in [5, 5.41) is 5.21. The standard InChI is InChI=1S/C14H23N3O2S/c1-2-17(11-6-4-3-5-7-11)14-10-12(20(16,18)19)8-9-13(14)15/h8-11H,2-7,15H2,1H3,(H2,16,18,19). The molecule has 1 aliphatic carbocycles. The van der Waals surface area contributed by atoms with Crippen LogP contribution in [0.15, 0.2) is 23.1 Å². The second kappa shape index (κ2) is 6.01. The average Bonchev–Trinajstić information content (AvgIpc) is 2.41. The molecule has 0 spiro atoms. The Morgan fingerprint density at radius 2 is 1.90 bits per heavy atom. The van der Waals surface area contributed by atoms with Gasteiger partial charge < -0.3 is 10.6 Å². The van der Waals surface area contributed by atoms with Gasteiger partial charge in [0, 0.05) is 12.6 Å². The lowest BCUT2D eigenvalue weighted by molar-refractivity contribution is 0.418. The van der Waals surface area contributed by atoms with Gasteiger partial charge in [0.25, 0.3) is 0 Å². The van der Waals surface area contributed by atoms with Crippen molar-refractivity contribution in [3.05, 3.63) is 18.2 Å². The maximum absolute atomic E-state index is 11.5. The highest BCUT2D eigenvalue weighted by atomic mass is 32.2. The minimum atomic E-state index is -3.70. The second-order valence-corrected chi connectivity index (χ2v) is 6.90. The Bertz CT molecular complexity index is 566. The third-order valence-electron chi connectivity index (χ3n) is 4.00. The Labute approximate surface area is 121 Å². The van der Waals surface area contributed by atoms with Gasteiger partial charge in [-0.15, -0.1) is 0 Å². The van der Waals surface area contributed by atoms with E-state index in [9.17, 15) is 8.42 Å². The molecule has 1 fully saturated rings. The molecule has 0 amide bonds. The first-order valence-corrected chi connectivity index (χ1v) is 8.67. The third kappa shape index (κ3) is 3.24. The van der Waals surface area contributed by atoms with Crippen LogP contribution in [0, 0.1) is 0 Å². The van der Waals surface area contributed by atoms with E-state index >= 15 is 0 Å². The molecule has 0 atom stereocenters. The summed E-state index contributed by atoms with van der Waals surface area (Å²) in [6, 6.07) is 5.12. The first-order valence-electron chi connectivity index (χ1n) is 7.12. The largest absolute Gasteiger partial charge is 0.397 e. The van der Waals surface area contributed by atoms with Crippen LogP contribution in [0.1, 0.15) is 39.0 Å². The summed E-state index contributed by atoms with van der Waals surface area (Å²) in [4.78, 5) is 2.33. The summed E-state index contributed by atoms with van der Waals surface area (Å²) in [7, 11) is -3.70. The Kier molecular flexibility index (Phi) is 4.55. The van der Waals surface area contributed by atoms with Crippen molar-refractivity contribution in [1.82, 2.24) is 0 Å². The Balaban J connectivity index is 2.37. The van der Waals surface area contributed by atoms with Crippen LogP contribution < -0.4 is 15.8 Å². The highest BCUT2D eigenvalue weighted by Crippen LogP contribution is 2.32. The summed E-state index contributed by atoms with van der Waals surface area (Å²) < 4.78 is 23.0. The predicted octanol–water partition coefficient (Wildman–Crippen LogP) is 2.08. The van der Waals surface area contributed by atoms with E-state index in [0.29, 0.717) is 11.7 Å². The monoisotopic (exact) mass is 297 g/mol. The lowest BCUT2D eigenvalue weighted by Gasteiger charge is -2.36. The number of sulfonamides is 1. The predicted molar refractivity (Wildman–Crippen MR) is 82.1 cm³/mol. The maximum atomic E-state index is 11.5. The quantitative estimate of drug-likeness (QED) is 0.833. The second-order valence-electron chi connectivity index (χ2n) is 5.34. The Morgan fingerprint density at radius 3 is 2.45 bits per heavy atom. The summed E-state index contributed by atoms with van der Waals surface area (Å²) in [6.07, 6.45) is 5.98. The van der Waals surface area contributed by atoms with Gasteiger partial charge in [0.1, 0.15) is 0 Å². The van der Waals surface area contributed by atoms with E-state index in [-0.39, 0.29) is 4.90 Å². The third-order valence-corrected chi connectivity index (χ3v) is 4.91. The van der Waals surface area contributed by atoms with Gasteiger partial charge in [-0.05, 0) is 38.0 Å². The van der Waals surface area contributed by atoms with Crippen LogP contribution in [0.5, 0.6) is 0 Å². The number of hydrogen-bond acceptors (Lipinski definition) is 4. The van der Waals surface area contributed by atoms with Crippen molar-refractivity contribution in [3.63, 3.8) is 0 Å². The van der Waals surface area contributed by atoms with Crippen molar-refractivity contribution in [2.45, 2.75) is 50.0 Å². The van der Waals surface area contributed by atoms with Gasteiger partial charge >= 0.3 is 0 Å². The molecule has 0 heterocycles. The molecule has 1 aliphatic rings. The molecule has 112 valence electrons. The summed E-state index contributed by atoms with van der Waals surface area (Å²) >= 11 is 0. The van der Waals surface area contributed by atoms with E-state index in [1.165, 1.54) is 25.3 Å². The van der Waals surface area contributed by atoms with Crippen LogP contribution in [0.25, 0.3) is 0 Å². The zero-order valence-corrected chi connectivity index (χ0v) is 12.7. The van der Waals surface area contributed by atoms with Crippen molar-refractivity contribution in [2.24, 2.45) is 5.14 Å². The normalized spacial score (nSPS) is 17.1. The van der Waals surface area contributed by atoms with Crippen molar-refractivity contribution in [3.8, 4) is 0 Å². The van der Waals surface area contributed by atoms with Crippen LogP contribution in [-0.2, 0) is 10.0 Å². The smallest absolute Gasteiger partial charge is 0.238 e. The van der Waals surface area contributed by atoms with Crippen LogP contribution in [-0.4, -0.2) is 21.0 Å². The number of benzene rings is 1. The van der Waals surface area contributed by atoms with Crippen molar-refractivity contribution < 1.29 is 8.42 Å².